The third-order valence-electron chi connectivity index (χ3n) is 2.98. The highest BCUT2D eigenvalue weighted by Crippen LogP contribution is 2.28. The fraction of sp³-hybridized carbons (Fsp3) is 0.615. The Hall–Kier alpha value is -0.300. The van der Waals surface area contributed by atoms with Crippen LogP contribution in [0, 0.1) is 5.92 Å². The van der Waals surface area contributed by atoms with E-state index in [1.807, 2.05) is 0 Å². The molecule has 0 spiro atoms. The molecule has 0 amide bonds. The number of hydrogen-bond acceptors (Lipinski definition) is 2. The molecule has 102 valence electrons. The molecule has 2 atom stereocenters. The van der Waals surface area contributed by atoms with Crippen LogP contribution in [-0.2, 0) is 6.42 Å². The van der Waals surface area contributed by atoms with Crippen LogP contribution in [0.3, 0.4) is 0 Å². The van der Waals surface area contributed by atoms with E-state index in [1.165, 1.54) is 11.3 Å². The van der Waals surface area contributed by atoms with Crippen LogP contribution in [0.2, 0.25) is 0 Å². The van der Waals surface area contributed by atoms with Gasteiger partial charge in [0.15, 0.2) is 5.96 Å². The Bertz CT molecular complexity index is 364. The number of nitrogens with zero attached hydrogens (tertiary/aromatic N) is 1. The van der Waals surface area contributed by atoms with Crippen LogP contribution < -0.4 is 10.6 Å². The van der Waals surface area contributed by atoms with Gasteiger partial charge in [0, 0.05) is 30.4 Å². The van der Waals surface area contributed by atoms with Gasteiger partial charge in [0.05, 0.1) is 0 Å². The van der Waals surface area contributed by atoms with Crippen molar-refractivity contribution in [2.75, 3.05) is 13.1 Å². The van der Waals surface area contributed by atoms with Crippen molar-refractivity contribution in [1.82, 2.24) is 10.6 Å². The van der Waals surface area contributed by atoms with Gasteiger partial charge in [0.2, 0.25) is 0 Å². The van der Waals surface area contributed by atoms with Gasteiger partial charge in [-0.25, -0.2) is 0 Å². The van der Waals surface area contributed by atoms with E-state index in [2.05, 4.69) is 47.0 Å². The van der Waals surface area contributed by atoms with Crippen LogP contribution in [0.1, 0.15) is 25.1 Å². The molecule has 1 saturated carbocycles. The van der Waals surface area contributed by atoms with Crippen LogP contribution >= 0.6 is 35.3 Å². The van der Waals surface area contributed by atoms with Crippen molar-refractivity contribution in [1.29, 1.82) is 0 Å². The van der Waals surface area contributed by atoms with E-state index in [-0.39, 0.29) is 24.0 Å². The van der Waals surface area contributed by atoms with Gasteiger partial charge in [-0.3, -0.25) is 4.99 Å². The molecule has 3 nitrogen and oxygen atoms in total. The predicted molar refractivity (Wildman–Crippen MR) is 90.1 cm³/mol. The lowest BCUT2D eigenvalue weighted by Crippen LogP contribution is -2.39. The summed E-state index contributed by atoms with van der Waals surface area (Å²) in [5.41, 5.74) is 0. The quantitative estimate of drug-likeness (QED) is 0.469. The van der Waals surface area contributed by atoms with E-state index in [1.54, 1.807) is 11.3 Å². The van der Waals surface area contributed by atoms with Crippen LogP contribution in [-0.4, -0.2) is 25.1 Å². The highest BCUT2D eigenvalue weighted by atomic mass is 127. The summed E-state index contributed by atoms with van der Waals surface area (Å²) < 4.78 is 0. The third kappa shape index (κ3) is 5.14. The SMILES string of the molecule is CCNC(=NCCc1cccs1)NC1CC1C.I. The second-order valence-corrected chi connectivity index (χ2v) is 5.59. The Morgan fingerprint density at radius 3 is 2.89 bits per heavy atom. The van der Waals surface area contributed by atoms with Crippen molar-refractivity contribution in [3.05, 3.63) is 22.4 Å². The van der Waals surface area contributed by atoms with Crippen LogP contribution in [0.4, 0.5) is 0 Å². The number of aliphatic imine (C=N–C) groups is 1. The minimum atomic E-state index is 0. The molecule has 0 radical (unpaired) electrons. The van der Waals surface area contributed by atoms with Crippen molar-refractivity contribution >= 4 is 41.3 Å². The van der Waals surface area contributed by atoms with Gasteiger partial charge >= 0.3 is 0 Å². The summed E-state index contributed by atoms with van der Waals surface area (Å²) in [6, 6.07) is 4.90. The highest BCUT2D eigenvalue weighted by molar-refractivity contribution is 14.0. The summed E-state index contributed by atoms with van der Waals surface area (Å²) in [5.74, 6) is 1.77. The first kappa shape index (κ1) is 15.8. The van der Waals surface area contributed by atoms with Crippen molar-refractivity contribution in [3.63, 3.8) is 0 Å². The van der Waals surface area contributed by atoms with E-state index in [0.29, 0.717) is 6.04 Å². The summed E-state index contributed by atoms with van der Waals surface area (Å²) in [7, 11) is 0. The highest BCUT2D eigenvalue weighted by Gasteiger charge is 2.33. The normalized spacial score (nSPS) is 22.2. The second kappa shape index (κ2) is 7.99. The number of guanidine groups is 1. The molecule has 0 aliphatic heterocycles. The summed E-state index contributed by atoms with van der Waals surface area (Å²) in [4.78, 5) is 6.01. The Morgan fingerprint density at radius 2 is 2.33 bits per heavy atom. The number of thiophene rings is 1. The Labute approximate surface area is 130 Å². The topological polar surface area (TPSA) is 36.4 Å². The first-order chi connectivity index (χ1) is 8.29. The molecule has 1 fully saturated rings. The number of halogens is 1. The first-order valence-electron chi connectivity index (χ1n) is 6.37. The lowest BCUT2D eigenvalue weighted by atomic mass is 10.3. The average molecular weight is 379 g/mol. The molecule has 2 N–H and O–H groups in total. The van der Waals surface area contributed by atoms with E-state index in [4.69, 9.17) is 0 Å². The number of nitrogens with one attached hydrogen (secondary N) is 2. The Morgan fingerprint density at radius 1 is 1.56 bits per heavy atom. The monoisotopic (exact) mass is 379 g/mol. The number of hydrogen-bond donors (Lipinski definition) is 2. The summed E-state index contributed by atoms with van der Waals surface area (Å²) >= 11 is 1.80. The molecule has 0 aromatic carbocycles. The maximum Gasteiger partial charge on any atom is 0.191 e. The van der Waals surface area contributed by atoms with Gasteiger partial charge in [-0.1, -0.05) is 13.0 Å². The molecule has 0 saturated heterocycles. The maximum atomic E-state index is 4.60. The van der Waals surface area contributed by atoms with Gasteiger partial charge < -0.3 is 10.6 Å². The van der Waals surface area contributed by atoms with E-state index in [0.717, 1.165) is 31.4 Å². The Balaban J connectivity index is 0.00000162. The summed E-state index contributed by atoms with van der Waals surface area (Å²) in [5, 5.41) is 8.88. The van der Waals surface area contributed by atoms with Crippen LogP contribution in [0.15, 0.2) is 22.5 Å². The standard InChI is InChI=1S/C13H21N3S.HI/c1-3-14-13(16-12-9-10(12)2)15-7-6-11-5-4-8-17-11;/h4-5,8,10,12H,3,6-7,9H2,1-2H3,(H2,14,15,16);1H. The molecule has 1 aromatic rings. The van der Waals surface area contributed by atoms with Crippen molar-refractivity contribution in [2.24, 2.45) is 10.9 Å². The maximum absolute atomic E-state index is 4.60. The van der Waals surface area contributed by atoms with Crippen molar-refractivity contribution < 1.29 is 0 Å². The van der Waals surface area contributed by atoms with Crippen LogP contribution in [0.5, 0.6) is 0 Å². The smallest absolute Gasteiger partial charge is 0.191 e. The van der Waals surface area contributed by atoms with Gasteiger partial charge in [-0.15, -0.1) is 35.3 Å². The van der Waals surface area contributed by atoms with Crippen LogP contribution in [0.25, 0.3) is 0 Å². The average Bonchev–Trinajstić information content (AvgIpc) is 2.81. The van der Waals surface area contributed by atoms with E-state index in [9.17, 15) is 0 Å². The molecular weight excluding hydrogens is 357 g/mol. The molecule has 1 aliphatic rings. The summed E-state index contributed by atoms with van der Waals surface area (Å²) in [6.07, 6.45) is 2.31. The summed E-state index contributed by atoms with van der Waals surface area (Å²) in [6.45, 7) is 6.16. The molecule has 1 heterocycles. The molecule has 2 rings (SSSR count). The van der Waals surface area contributed by atoms with E-state index >= 15 is 0 Å². The fourth-order valence-corrected chi connectivity index (χ4v) is 2.45. The zero-order valence-electron chi connectivity index (χ0n) is 11.0. The molecule has 1 aliphatic carbocycles. The largest absolute Gasteiger partial charge is 0.357 e. The third-order valence-corrected chi connectivity index (χ3v) is 3.92. The Kier molecular flexibility index (Phi) is 6.99. The van der Waals surface area contributed by atoms with E-state index < -0.39 is 0 Å². The molecule has 18 heavy (non-hydrogen) atoms. The molecule has 5 heteroatoms. The van der Waals surface area contributed by atoms with Crippen molar-refractivity contribution in [3.8, 4) is 0 Å². The second-order valence-electron chi connectivity index (χ2n) is 4.55. The molecular formula is C13H22IN3S. The number of rotatable bonds is 5. The first-order valence-corrected chi connectivity index (χ1v) is 7.24. The van der Waals surface area contributed by atoms with Crippen molar-refractivity contribution in [2.45, 2.75) is 32.7 Å². The molecule has 0 bridgehead atoms. The predicted octanol–water partition coefficient (Wildman–Crippen LogP) is 2.87. The molecule has 2 unspecified atom stereocenters. The van der Waals surface area contributed by atoms with Gasteiger partial charge in [0.1, 0.15) is 0 Å². The fourth-order valence-electron chi connectivity index (χ4n) is 1.75. The lowest BCUT2D eigenvalue weighted by Gasteiger charge is -2.10. The zero-order valence-corrected chi connectivity index (χ0v) is 14.1. The zero-order chi connectivity index (χ0) is 12.1. The van der Waals surface area contributed by atoms with Gasteiger partial charge in [-0.05, 0) is 30.7 Å². The van der Waals surface area contributed by atoms with Gasteiger partial charge in [-0.2, -0.15) is 0 Å². The lowest BCUT2D eigenvalue weighted by molar-refractivity contribution is 0.765. The van der Waals surface area contributed by atoms with Gasteiger partial charge in [0.25, 0.3) is 0 Å². The minimum Gasteiger partial charge on any atom is -0.357 e. The minimum absolute atomic E-state index is 0. The molecule has 1 aromatic heterocycles.